The van der Waals surface area contributed by atoms with E-state index in [1.807, 2.05) is 12.1 Å². The highest BCUT2D eigenvalue weighted by Crippen LogP contribution is 2.43. The van der Waals surface area contributed by atoms with E-state index >= 15 is 0 Å². The van der Waals surface area contributed by atoms with Gasteiger partial charge >= 0.3 is 0 Å². The van der Waals surface area contributed by atoms with Crippen molar-refractivity contribution in [1.82, 2.24) is 4.90 Å². The predicted octanol–water partition coefficient (Wildman–Crippen LogP) is 4.98. The van der Waals surface area contributed by atoms with Gasteiger partial charge in [-0.15, -0.1) is 0 Å². The van der Waals surface area contributed by atoms with Gasteiger partial charge in [0.1, 0.15) is 5.75 Å². The first-order chi connectivity index (χ1) is 14.2. The first-order valence-corrected chi connectivity index (χ1v) is 10.7. The molecule has 4 heteroatoms. The van der Waals surface area contributed by atoms with Gasteiger partial charge in [0.2, 0.25) is 0 Å². The van der Waals surface area contributed by atoms with Gasteiger partial charge in [-0.2, -0.15) is 5.26 Å². The van der Waals surface area contributed by atoms with Gasteiger partial charge < -0.3 is 4.74 Å². The maximum Gasteiger partial charge on any atom is 0.119 e. The fraction of sp³-hybridized carbons (Fsp3) is 0.440. The van der Waals surface area contributed by atoms with Crippen LogP contribution < -0.4 is 4.74 Å². The topological polar surface area (TPSA) is 48.6 Å². The minimum Gasteiger partial charge on any atom is -0.497 e. The van der Waals surface area contributed by atoms with Crippen molar-refractivity contribution in [3.8, 4) is 11.8 Å². The van der Waals surface area contributed by atoms with E-state index in [1.54, 1.807) is 7.11 Å². The van der Waals surface area contributed by atoms with Crippen LogP contribution in [0, 0.1) is 17.2 Å². The summed E-state index contributed by atoms with van der Waals surface area (Å²) in [7, 11) is 1.74. The second kappa shape index (κ2) is 7.65. The molecule has 0 saturated heterocycles. The van der Waals surface area contributed by atoms with Gasteiger partial charge in [0.25, 0.3) is 0 Å². The lowest BCUT2D eigenvalue weighted by Crippen LogP contribution is -2.41. The van der Waals surface area contributed by atoms with Crippen LogP contribution >= 0.6 is 0 Å². The van der Waals surface area contributed by atoms with Crippen LogP contribution in [0.3, 0.4) is 0 Å². The smallest absolute Gasteiger partial charge is 0.119 e. The molecule has 2 aromatic carbocycles. The summed E-state index contributed by atoms with van der Waals surface area (Å²) in [6.07, 6.45) is 8.24. The summed E-state index contributed by atoms with van der Waals surface area (Å²) in [5.41, 5.74) is 5.96. The number of rotatable bonds is 3. The van der Waals surface area contributed by atoms with Crippen molar-refractivity contribution >= 4 is 11.9 Å². The van der Waals surface area contributed by atoms with Crippen molar-refractivity contribution < 1.29 is 4.74 Å². The Labute approximate surface area is 172 Å². The molecule has 0 bridgehead atoms. The lowest BCUT2D eigenvalue weighted by molar-refractivity contribution is 0.121. The van der Waals surface area contributed by atoms with Crippen molar-refractivity contribution in [1.29, 1.82) is 5.26 Å². The normalized spacial score (nSPS) is 25.9. The van der Waals surface area contributed by atoms with Crippen LogP contribution in [0.5, 0.6) is 5.75 Å². The minimum absolute atomic E-state index is 0.383. The number of methoxy groups -OCH3 is 1. The molecule has 0 spiro atoms. The van der Waals surface area contributed by atoms with E-state index in [-0.39, 0.29) is 0 Å². The first kappa shape index (κ1) is 18.4. The predicted molar refractivity (Wildman–Crippen MR) is 115 cm³/mol. The third-order valence-electron chi connectivity index (χ3n) is 7.11. The Morgan fingerprint density at radius 3 is 2.72 bits per heavy atom. The van der Waals surface area contributed by atoms with E-state index in [1.165, 1.54) is 42.4 Å². The number of fused-ring (bicyclic) bond motifs is 2. The summed E-state index contributed by atoms with van der Waals surface area (Å²) in [6, 6.07) is 15.4. The summed E-state index contributed by atoms with van der Waals surface area (Å²) in [5.74, 6) is 2.00. The molecule has 2 aromatic rings. The Kier molecular flexibility index (Phi) is 4.85. The second-order valence-electron chi connectivity index (χ2n) is 8.61. The number of ether oxygens (including phenoxy) is 1. The molecular formula is C25H27N3O. The molecule has 29 heavy (non-hydrogen) atoms. The Bertz CT molecular complexity index is 982. The molecule has 1 fully saturated rings. The summed E-state index contributed by atoms with van der Waals surface area (Å²) >= 11 is 0. The van der Waals surface area contributed by atoms with E-state index in [4.69, 9.17) is 4.74 Å². The Hall–Kier alpha value is -2.64. The van der Waals surface area contributed by atoms with Gasteiger partial charge in [0, 0.05) is 31.3 Å². The van der Waals surface area contributed by atoms with E-state index in [0.717, 1.165) is 36.5 Å². The molecule has 1 unspecified atom stereocenters. The molecule has 148 valence electrons. The molecule has 1 aliphatic carbocycles. The number of nitriles is 1. The van der Waals surface area contributed by atoms with Gasteiger partial charge in [-0.05, 0) is 85.0 Å². The SMILES string of the molecule is COc1ccc2c(c1)CCN(C1CCC(C3C=Nc4ccc(C#N)cc43)CC1)C2. The van der Waals surface area contributed by atoms with Crippen molar-refractivity contribution in [2.45, 2.75) is 50.6 Å². The molecule has 0 N–H and O–H groups in total. The van der Waals surface area contributed by atoms with E-state index < -0.39 is 0 Å². The Morgan fingerprint density at radius 1 is 1.07 bits per heavy atom. The van der Waals surface area contributed by atoms with Crippen LogP contribution in [-0.2, 0) is 13.0 Å². The summed E-state index contributed by atoms with van der Waals surface area (Å²) < 4.78 is 5.38. The van der Waals surface area contributed by atoms with Crippen LogP contribution in [0.25, 0.3) is 0 Å². The van der Waals surface area contributed by atoms with E-state index in [2.05, 4.69) is 46.4 Å². The van der Waals surface area contributed by atoms with Crippen LogP contribution in [0.1, 0.15) is 53.9 Å². The molecule has 0 aromatic heterocycles. The summed E-state index contributed by atoms with van der Waals surface area (Å²) in [5, 5.41) is 9.24. The third kappa shape index (κ3) is 3.45. The van der Waals surface area contributed by atoms with E-state index in [9.17, 15) is 5.26 Å². The lowest BCUT2D eigenvalue weighted by atomic mass is 9.75. The lowest BCUT2D eigenvalue weighted by Gasteiger charge is -2.40. The van der Waals surface area contributed by atoms with Crippen molar-refractivity contribution in [3.05, 3.63) is 58.7 Å². The molecule has 0 amide bonds. The quantitative estimate of drug-likeness (QED) is 0.748. The number of hydrogen-bond acceptors (Lipinski definition) is 4. The fourth-order valence-electron chi connectivity index (χ4n) is 5.44. The molecule has 4 nitrogen and oxygen atoms in total. The number of aliphatic imine (C=N–C) groups is 1. The first-order valence-electron chi connectivity index (χ1n) is 10.7. The average Bonchev–Trinajstić information content (AvgIpc) is 3.21. The Morgan fingerprint density at radius 2 is 1.93 bits per heavy atom. The van der Waals surface area contributed by atoms with Crippen molar-refractivity contribution in [3.63, 3.8) is 0 Å². The highest BCUT2D eigenvalue weighted by molar-refractivity contribution is 5.81. The van der Waals surface area contributed by atoms with Crippen LogP contribution in [-0.4, -0.2) is 30.8 Å². The van der Waals surface area contributed by atoms with Gasteiger partial charge in [0.05, 0.1) is 24.4 Å². The zero-order chi connectivity index (χ0) is 19.8. The fourth-order valence-corrected chi connectivity index (χ4v) is 5.44. The zero-order valence-electron chi connectivity index (χ0n) is 17.0. The van der Waals surface area contributed by atoms with Crippen molar-refractivity contribution in [2.24, 2.45) is 10.9 Å². The number of benzene rings is 2. The van der Waals surface area contributed by atoms with Crippen LogP contribution in [0.2, 0.25) is 0 Å². The van der Waals surface area contributed by atoms with Crippen LogP contribution in [0.15, 0.2) is 41.4 Å². The molecule has 1 saturated carbocycles. The number of hydrogen-bond donors (Lipinski definition) is 0. The zero-order valence-corrected chi connectivity index (χ0v) is 17.0. The Balaban J connectivity index is 1.23. The van der Waals surface area contributed by atoms with E-state index in [0.29, 0.717) is 17.9 Å². The number of nitrogens with zero attached hydrogens (tertiary/aromatic N) is 3. The van der Waals surface area contributed by atoms with Gasteiger partial charge in [0.15, 0.2) is 0 Å². The second-order valence-corrected chi connectivity index (χ2v) is 8.61. The standard InChI is InChI=1S/C25H27N3O/c1-29-22-8-5-20-16-28(11-10-19(20)13-22)21-6-3-18(4-7-21)24-15-27-25-9-2-17(14-26)12-23(24)25/h2,5,8-9,12-13,15,18,21,24H,3-4,6-7,10-11,16H2,1H3. The van der Waals surface area contributed by atoms with Crippen molar-refractivity contribution in [2.75, 3.05) is 13.7 Å². The third-order valence-corrected chi connectivity index (χ3v) is 7.11. The maximum atomic E-state index is 9.24. The molecule has 2 aliphatic heterocycles. The summed E-state index contributed by atoms with van der Waals surface area (Å²) in [6.45, 7) is 2.21. The minimum atomic E-state index is 0.383. The summed E-state index contributed by atoms with van der Waals surface area (Å²) in [4.78, 5) is 7.31. The molecule has 0 radical (unpaired) electrons. The molecule has 5 rings (SSSR count). The van der Waals surface area contributed by atoms with Gasteiger partial charge in [-0.3, -0.25) is 9.89 Å². The molecular weight excluding hydrogens is 358 g/mol. The van der Waals surface area contributed by atoms with Gasteiger partial charge in [-0.1, -0.05) is 6.07 Å². The maximum absolute atomic E-state index is 9.24. The molecule has 3 aliphatic rings. The molecule has 1 atom stereocenters. The van der Waals surface area contributed by atoms with Gasteiger partial charge in [-0.25, -0.2) is 0 Å². The van der Waals surface area contributed by atoms with Crippen LogP contribution in [0.4, 0.5) is 5.69 Å². The highest BCUT2D eigenvalue weighted by atomic mass is 16.5. The highest BCUT2D eigenvalue weighted by Gasteiger charge is 2.34. The monoisotopic (exact) mass is 385 g/mol. The molecule has 2 heterocycles. The average molecular weight is 386 g/mol. The largest absolute Gasteiger partial charge is 0.497 e.